The van der Waals surface area contributed by atoms with Gasteiger partial charge in [0, 0.05) is 5.69 Å². The van der Waals surface area contributed by atoms with Gasteiger partial charge >= 0.3 is 0 Å². The molecule has 19 heavy (non-hydrogen) atoms. The monoisotopic (exact) mass is 248 g/mol. The number of nitrogen functional groups attached to an aromatic ring is 1. The molecule has 0 aliphatic carbocycles. The van der Waals surface area contributed by atoms with Gasteiger partial charge in [-0.1, -0.05) is 48.5 Å². The van der Waals surface area contributed by atoms with E-state index in [1.807, 2.05) is 36.4 Å². The molecule has 3 aromatic rings. The minimum Gasteiger partial charge on any atom is -0.399 e. The Morgan fingerprint density at radius 1 is 0.684 bits per heavy atom. The minimum absolute atomic E-state index is 0.145. The molecule has 1 atom stereocenters. The first kappa shape index (κ1) is 11.8. The van der Waals surface area contributed by atoms with E-state index >= 15 is 0 Å². The summed E-state index contributed by atoms with van der Waals surface area (Å²) < 4.78 is 0. The summed E-state index contributed by atoms with van der Waals surface area (Å²) in [7, 11) is 0. The second-order valence-corrected chi connectivity index (χ2v) is 4.75. The SMILES string of the molecule is Nc1cccc(C(N)c2ccc3ccccc3c2)c1. The van der Waals surface area contributed by atoms with E-state index < -0.39 is 0 Å². The van der Waals surface area contributed by atoms with Gasteiger partial charge in [-0.25, -0.2) is 0 Å². The number of rotatable bonds is 2. The smallest absolute Gasteiger partial charge is 0.0552 e. The summed E-state index contributed by atoms with van der Waals surface area (Å²) >= 11 is 0. The number of nitrogens with two attached hydrogens (primary N) is 2. The molecule has 0 heterocycles. The lowest BCUT2D eigenvalue weighted by molar-refractivity contribution is 0.874. The first-order valence-electron chi connectivity index (χ1n) is 6.34. The van der Waals surface area contributed by atoms with E-state index in [1.54, 1.807) is 0 Å². The Morgan fingerprint density at radius 3 is 2.21 bits per heavy atom. The quantitative estimate of drug-likeness (QED) is 0.682. The Morgan fingerprint density at radius 2 is 1.42 bits per heavy atom. The Kier molecular flexibility index (Phi) is 2.94. The minimum atomic E-state index is -0.145. The first-order valence-corrected chi connectivity index (χ1v) is 6.34. The lowest BCUT2D eigenvalue weighted by atomic mass is 9.97. The predicted octanol–water partition coefficient (Wildman–Crippen LogP) is 3.47. The molecule has 0 aliphatic rings. The Bertz CT molecular complexity index is 719. The van der Waals surface area contributed by atoms with Gasteiger partial charge in [0.2, 0.25) is 0 Å². The van der Waals surface area contributed by atoms with Gasteiger partial charge < -0.3 is 11.5 Å². The van der Waals surface area contributed by atoms with Gasteiger partial charge in [0.25, 0.3) is 0 Å². The van der Waals surface area contributed by atoms with Gasteiger partial charge in [0.1, 0.15) is 0 Å². The van der Waals surface area contributed by atoms with Crippen molar-refractivity contribution in [2.24, 2.45) is 5.73 Å². The zero-order valence-electron chi connectivity index (χ0n) is 10.6. The van der Waals surface area contributed by atoms with Crippen molar-refractivity contribution in [2.75, 3.05) is 5.73 Å². The van der Waals surface area contributed by atoms with Crippen molar-refractivity contribution in [3.8, 4) is 0 Å². The summed E-state index contributed by atoms with van der Waals surface area (Å²) in [6.45, 7) is 0. The fourth-order valence-electron chi connectivity index (χ4n) is 2.35. The molecule has 0 aromatic heterocycles. The molecule has 0 amide bonds. The van der Waals surface area contributed by atoms with Crippen LogP contribution in [0.5, 0.6) is 0 Å². The fourth-order valence-corrected chi connectivity index (χ4v) is 2.35. The molecule has 2 heteroatoms. The molecule has 1 unspecified atom stereocenters. The molecule has 3 aromatic carbocycles. The van der Waals surface area contributed by atoms with Crippen LogP contribution in [0.3, 0.4) is 0 Å². The van der Waals surface area contributed by atoms with E-state index in [4.69, 9.17) is 11.5 Å². The number of hydrogen-bond acceptors (Lipinski definition) is 2. The highest BCUT2D eigenvalue weighted by Gasteiger charge is 2.09. The van der Waals surface area contributed by atoms with Crippen LogP contribution in [0.1, 0.15) is 17.2 Å². The van der Waals surface area contributed by atoms with Gasteiger partial charge in [0.05, 0.1) is 6.04 Å². The number of benzene rings is 3. The average Bonchev–Trinajstić information content (AvgIpc) is 2.46. The van der Waals surface area contributed by atoms with Crippen molar-refractivity contribution in [2.45, 2.75) is 6.04 Å². The van der Waals surface area contributed by atoms with Gasteiger partial charge in [-0.15, -0.1) is 0 Å². The number of anilines is 1. The fraction of sp³-hybridized carbons (Fsp3) is 0.0588. The van der Waals surface area contributed by atoms with Crippen LogP contribution in [0.2, 0.25) is 0 Å². The van der Waals surface area contributed by atoms with E-state index in [0.717, 1.165) is 16.8 Å². The number of fused-ring (bicyclic) bond motifs is 1. The van der Waals surface area contributed by atoms with Crippen molar-refractivity contribution < 1.29 is 0 Å². The normalized spacial score (nSPS) is 12.5. The van der Waals surface area contributed by atoms with Crippen molar-refractivity contribution in [1.82, 2.24) is 0 Å². The molecule has 0 aliphatic heterocycles. The molecule has 0 saturated carbocycles. The molecular formula is C17H16N2. The van der Waals surface area contributed by atoms with Gasteiger partial charge in [-0.3, -0.25) is 0 Å². The molecule has 0 bridgehead atoms. The van der Waals surface area contributed by atoms with E-state index in [2.05, 4.69) is 30.3 Å². The van der Waals surface area contributed by atoms with Crippen LogP contribution in [0.25, 0.3) is 10.8 Å². The second-order valence-electron chi connectivity index (χ2n) is 4.75. The van der Waals surface area contributed by atoms with Gasteiger partial charge in [-0.2, -0.15) is 0 Å². The molecule has 94 valence electrons. The summed E-state index contributed by atoms with van der Waals surface area (Å²) in [6.07, 6.45) is 0. The van der Waals surface area contributed by atoms with Crippen LogP contribution in [-0.4, -0.2) is 0 Å². The summed E-state index contributed by atoms with van der Waals surface area (Å²) in [4.78, 5) is 0. The van der Waals surface area contributed by atoms with Crippen LogP contribution >= 0.6 is 0 Å². The number of hydrogen-bond donors (Lipinski definition) is 2. The Labute approximate surface area is 112 Å². The molecule has 3 rings (SSSR count). The molecule has 0 saturated heterocycles. The van der Waals surface area contributed by atoms with Crippen molar-refractivity contribution in [1.29, 1.82) is 0 Å². The van der Waals surface area contributed by atoms with Crippen LogP contribution in [0.15, 0.2) is 66.7 Å². The highest BCUT2D eigenvalue weighted by atomic mass is 14.6. The van der Waals surface area contributed by atoms with E-state index in [9.17, 15) is 0 Å². The zero-order valence-corrected chi connectivity index (χ0v) is 10.6. The highest BCUT2D eigenvalue weighted by Crippen LogP contribution is 2.24. The molecule has 0 fully saturated rings. The molecule has 0 spiro atoms. The third kappa shape index (κ3) is 2.30. The standard InChI is InChI=1S/C17H16N2/c18-16-7-3-6-14(11-16)17(19)15-9-8-12-4-1-2-5-13(12)10-15/h1-11,17H,18-19H2. The summed E-state index contributed by atoms with van der Waals surface area (Å²) in [5.74, 6) is 0. The van der Waals surface area contributed by atoms with Crippen LogP contribution in [-0.2, 0) is 0 Å². The topological polar surface area (TPSA) is 52.0 Å². The summed E-state index contributed by atoms with van der Waals surface area (Å²) in [5.41, 5.74) is 15.0. The molecular weight excluding hydrogens is 232 g/mol. The maximum absolute atomic E-state index is 6.32. The third-order valence-electron chi connectivity index (χ3n) is 3.40. The molecule has 0 radical (unpaired) electrons. The predicted molar refractivity (Wildman–Crippen MR) is 80.8 cm³/mol. The van der Waals surface area contributed by atoms with Crippen LogP contribution < -0.4 is 11.5 Å². The third-order valence-corrected chi connectivity index (χ3v) is 3.40. The zero-order chi connectivity index (χ0) is 13.2. The van der Waals surface area contributed by atoms with E-state index in [0.29, 0.717) is 0 Å². The highest BCUT2D eigenvalue weighted by molar-refractivity contribution is 5.83. The second kappa shape index (κ2) is 4.75. The maximum Gasteiger partial charge on any atom is 0.0552 e. The Hall–Kier alpha value is -2.32. The maximum atomic E-state index is 6.32. The van der Waals surface area contributed by atoms with Crippen LogP contribution in [0.4, 0.5) is 5.69 Å². The summed E-state index contributed by atoms with van der Waals surface area (Å²) in [6, 6.07) is 22.2. The largest absolute Gasteiger partial charge is 0.399 e. The van der Waals surface area contributed by atoms with Gasteiger partial charge in [0.15, 0.2) is 0 Å². The van der Waals surface area contributed by atoms with Crippen molar-refractivity contribution in [3.63, 3.8) is 0 Å². The summed E-state index contributed by atoms with van der Waals surface area (Å²) in [5, 5.41) is 2.44. The van der Waals surface area contributed by atoms with Gasteiger partial charge in [-0.05, 0) is 40.1 Å². The van der Waals surface area contributed by atoms with Crippen molar-refractivity contribution >= 4 is 16.5 Å². The van der Waals surface area contributed by atoms with E-state index in [1.165, 1.54) is 10.8 Å². The lowest BCUT2D eigenvalue weighted by Gasteiger charge is -2.14. The van der Waals surface area contributed by atoms with E-state index in [-0.39, 0.29) is 6.04 Å². The molecule has 2 nitrogen and oxygen atoms in total. The average molecular weight is 248 g/mol. The molecule has 4 N–H and O–H groups in total. The lowest BCUT2D eigenvalue weighted by Crippen LogP contribution is -2.11. The Balaban J connectivity index is 2.04. The van der Waals surface area contributed by atoms with Crippen molar-refractivity contribution in [3.05, 3.63) is 77.9 Å². The first-order chi connectivity index (χ1) is 9.24. The van der Waals surface area contributed by atoms with Crippen LogP contribution in [0, 0.1) is 0 Å².